The average molecular weight is 135 g/mol. The van der Waals surface area contributed by atoms with E-state index in [2.05, 4.69) is 6.92 Å². The van der Waals surface area contributed by atoms with Gasteiger partial charge in [0.15, 0.2) is 0 Å². The van der Waals surface area contributed by atoms with Crippen LogP contribution in [0.1, 0.15) is 26.7 Å². The van der Waals surface area contributed by atoms with Crippen LogP contribution in [0.25, 0.3) is 0 Å². The van der Waals surface area contributed by atoms with Gasteiger partial charge in [-0.15, -0.1) is 0 Å². The van der Waals surface area contributed by atoms with Crippen LogP contribution in [0.2, 0.25) is 0 Å². The maximum atomic E-state index is 7.71. The van der Waals surface area contributed by atoms with Gasteiger partial charge in [0.05, 0.1) is 0 Å². The summed E-state index contributed by atoms with van der Waals surface area (Å²) in [6.07, 6.45) is 2.02. The quantitative estimate of drug-likeness (QED) is 0.597. The van der Waals surface area contributed by atoms with Crippen molar-refractivity contribution in [2.24, 2.45) is 0 Å². The summed E-state index contributed by atoms with van der Waals surface area (Å²) < 4.78 is 7.71. The van der Waals surface area contributed by atoms with Crippen LogP contribution in [0.4, 0.5) is 0 Å². The predicted molar refractivity (Wildman–Crippen MR) is 45.1 cm³/mol. The Balaban J connectivity index is 2.61. The van der Waals surface area contributed by atoms with E-state index in [0.717, 1.165) is 18.4 Å². The van der Waals surface area contributed by atoms with Gasteiger partial charge in [-0.3, -0.25) is 0 Å². The normalized spacial score (nSPS) is 14.3. The van der Waals surface area contributed by atoms with Gasteiger partial charge in [0.2, 0.25) is 0 Å². The third-order valence-electron chi connectivity index (χ3n) is 1.47. The van der Waals surface area contributed by atoms with E-state index in [-0.39, 0.29) is 6.40 Å². The highest BCUT2D eigenvalue weighted by atomic mass is 13.9. The van der Waals surface area contributed by atoms with Gasteiger partial charge in [-0.25, -0.2) is 0 Å². The number of hydrogen-bond donors (Lipinski definition) is 0. The summed E-state index contributed by atoms with van der Waals surface area (Å²) in [5, 5.41) is 0. The molecule has 0 aromatic heterocycles. The Bertz CT molecular complexity index is 193. The Morgan fingerprint density at radius 2 is 2.00 bits per heavy atom. The Hall–Kier alpha value is -0.780. The molecule has 54 valence electrons. The van der Waals surface area contributed by atoms with Gasteiger partial charge in [-0.1, -0.05) is 43.7 Å². The van der Waals surface area contributed by atoms with Crippen molar-refractivity contribution in [3.05, 3.63) is 35.9 Å². The summed E-state index contributed by atoms with van der Waals surface area (Å²) in [7, 11) is 0. The molecule has 0 saturated heterocycles. The van der Waals surface area contributed by atoms with E-state index < -0.39 is 0 Å². The molecule has 0 N–H and O–H groups in total. The van der Waals surface area contributed by atoms with Crippen LogP contribution in [0.15, 0.2) is 30.3 Å². The van der Waals surface area contributed by atoms with Crippen molar-refractivity contribution in [3.63, 3.8) is 0 Å². The third-order valence-corrected chi connectivity index (χ3v) is 1.47. The van der Waals surface area contributed by atoms with Crippen molar-refractivity contribution in [2.75, 3.05) is 0 Å². The largest absolute Gasteiger partial charge is 0.0654 e. The highest BCUT2D eigenvalue weighted by Crippen LogP contribution is 2.03. The Kier molecular flexibility index (Phi) is 2.45. The first-order valence-corrected chi connectivity index (χ1v) is 3.81. The molecule has 0 bridgehead atoms. The van der Waals surface area contributed by atoms with Crippen LogP contribution in [0, 0.1) is 0 Å². The maximum absolute atomic E-state index is 7.71. The average Bonchev–Trinajstić information content (AvgIpc) is 2.07. The number of rotatable bonds is 3. The van der Waals surface area contributed by atoms with E-state index in [1.807, 2.05) is 30.3 Å². The molecule has 10 heavy (non-hydrogen) atoms. The minimum absolute atomic E-state index is 0.0267. The Morgan fingerprint density at radius 3 is 2.60 bits per heavy atom. The van der Waals surface area contributed by atoms with Gasteiger partial charge < -0.3 is 0 Å². The summed E-state index contributed by atoms with van der Waals surface area (Å²) >= 11 is 0. The molecule has 0 spiro atoms. The van der Waals surface area contributed by atoms with E-state index in [1.165, 1.54) is 0 Å². The van der Waals surface area contributed by atoms with Crippen molar-refractivity contribution < 1.29 is 1.37 Å². The molecule has 0 radical (unpaired) electrons. The lowest BCUT2D eigenvalue weighted by Crippen LogP contribution is -1.81. The Labute approximate surface area is 64.3 Å². The SMILES string of the molecule is [2H]C(CCC)c1ccccc1. The third kappa shape index (κ3) is 2.22. The molecule has 1 aromatic carbocycles. The predicted octanol–water partition coefficient (Wildman–Crippen LogP) is 3.03. The fourth-order valence-corrected chi connectivity index (χ4v) is 0.900. The molecule has 1 unspecified atom stereocenters. The van der Waals surface area contributed by atoms with E-state index in [0.29, 0.717) is 0 Å². The summed E-state index contributed by atoms with van der Waals surface area (Å²) in [5.41, 5.74) is 1.13. The number of benzene rings is 1. The van der Waals surface area contributed by atoms with Gasteiger partial charge >= 0.3 is 0 Å². The van der Waals surface area contributed by atoms with Crippen LogP contribution < -0.4 is 0 Å². The van der Waals surface area contributed by atoms with E-state index >= 15 is 0 Å². The van der Waals surface area contributed by atoms with E-state index in [9.17, 15) is 0 Å². The van der Waals surface area contributed by atoms with Crippen LogP contribution in [-0.2, 0) is 6.40 Å². The number of aryl methyl sites for hydroxylation is 1. The van der Waals surface area contributed by atoms with Crippen LogP contribution in [0.3, 0.4) is 0 Å². The van der Waals surface area contributed by atoms with Crippen molar-refractivity contribution in [1.29, 1.82) is 0 Å². The first kappa shape index (κ1) is 5.96. The summed E-state index contributed by atoms with van der Waals surface area (Å²) in [4.78, 5) is 0. The molecule has 0 saturated carbocycles. The molecule has 0 amide bonds. The second-order valence-corrected chi connectivity index (χ2v) is 2.40. The molecule has 0 aliphatic heterocycles. The standard InChI is InChI=1S/C10H14/c1-2-3-7-10-8-5-4-6-9-10/h4-6,8-9H,2-3,7H2,1H3/i7D. The lowest BCUT2D eigenvalue weighted by atomic mass is 10.1. The van der Waals surface area contributed by atoms with Gasteiger partial charge in [-0.2, -0.15) is 0 Å². The molecule has 1 atom stereocenters. The zero-order chi connectivity index (χ0) is 8.10. The maximum Gasteiger partial charge on any atom is 0.0316 e. The molecule has 0 nitrogen and oxygen atoms in total. The summed E-state index contributed by atoms with van der Waals surface area (Å²) in [5.74, 6) is 0. The monoisotopic (exact) mass is 135 g/mol. The summed E-state index contributed by atoms with van der Waals surface area (Å²) in [6, 6.07) is 10.0. The van der Waals surface area contributed by atoms with Crippen molar-refractivity contribution in [1.82, 2.24) is 0 Å². The molecule has 0 aliphatic rings. The minimum atomic E-state index is -0.0267. The van der Waals surface area contributed by atoms with Crippen molar-refractivity contribution in [3.8, 4) is 0 Å². The second kappa shape index (κ2) is 4.10. The first-order chi connectivity index (χ1) is 5.34. The van der Waals surface area contributed by atoms with Crippen LogP contribution in [0.5, 0.6) is 0 Å². The number of hydrogen-bond acceptors (Lipinski definition) is 0. The lowest BCUT2D eigenvalue weighted by molar-refractivity contribution is 0.795. The zero-order valence-electron chi connectivity index (χ0n) is 7.38. The van der Waals surface area contributed by atoms with Crippen molar-refractivity contribution >= 4 is 0 Å². The topological polar surface area (TPSA) is 0 Å². The van der Waals surface area contributed by atoms with Gasteiger partial charge in [0, 0.05) is 1.37 Å². The van der Waals surface area contributed by atoms with Crippen LogP contribution >= 0.6 is 0 Å². The second-order valence-electron chi connectivity index (χ2n) is 2.40. The molecule has 0 aliphatic carbocycles. The minimum Gasteiger partial charge on any atom is -0.0654 e. The molecule has 0 fully saturated rings. The fourth-order valence-electron chi connectivity index (χ4n) is 0.900. The van der Waals surface area contributed by atoms with Gasteiger partial charge in [-0.05, 0) is 18.4 Å². The van der Waals surface area contributed by atoms with Crippen molar-refractivity contribution in [2.45, 2.75) is 26.2 Å². The Morgan fingerprint density at radius 1 is 1.30 bits per heavy atom. The van der Waals surface area contributed by atoms with Crippen LogP contribution in [-0.4, -0.2) is 0 Å². The van der Waals surface area contributed by atoms with E-state index in [4.69, 9.17) is 1.37 Å². The summed E-state index contributed by atoms with van der Waals surface area (Å²) in [6.45, 7) is 2.12. The molecule has 0 heterocycles. The molecular formula is C10H14. The molecule has 1 rings (SSSR count). The highest BCUT2D eigenvalue weighted by molar-refractivity contribution is 5.14. The van der Waals surface area contributed by atoms with Gasteiger partial charge in [0.25, 0.3) is 0 Å². The smallest absolute Gasteiger partial charge is 0.0316 e. The first-order valence-electron chi connectivity index (χ1n) is 4.39. The van der Waals surface area contributed by atoms with E-state index in [1.54, 1.807) is 0 Å². The highest BCUT2D eigenvalue weighted by Gasteiger charge is 1.87. The molecule has 0 heteroatoms. The molecular weight excluding hydrogens is 120 g/mol. The molecule has 1 aromatic rings. The zero-order valence-corrected chi connectivity index (χ0v) is 6.38. The van der Waals surface area contributed by atoms with Gasteiger partial charge in [0.1, 0.15) is 0 Å². The lowest BCUT2D eigenvalue weighted by Gasteiger charge is -1.96. The fraction of sp³-hybridized carbons (Fsp3) is 0.400.